The van der Waals surface area contributed by atoms with Crippen LogP contribution in [0.1, 0.15) is 19.8 Å². The highest BCUT2D eigenvalue weighted by Crippen LogP contribution is 1.78. The lowest BCUT2D eigenvalue weighted by molar-refractivity contribution is 0.287. The summed E-state index contributed by atoms with van der Waals surface area (Å²) in [6, 6.07) is 0. The quantitative estimate of drug-likeness (QED) is 0.556. The van der Waals surface area contributed by atoms with Crippen molar-refractivity contribution < 1.29 is 9.67 Å². The van der Waals surface area contributed by atoms with Crippen molar-refractivity contribution in [2.75, 3.05) is 6.61 Å². The molecule has 7 heavy (non-hydrogen) atoms. The Morgan fingerprint density at radius 3 is 2.00 bits per heavy atom. The first-order chi connectivity index (χ1) is 3.41. The lowest BCUT2D eigenvalue weighted by Gasteiger charge is -1.79. The summed E-state index contributed by atoms with van der Waals surface area (Å²) in [6.45, 7) is 2.40. The van der Waals surface area contributed by atoms with E-state index in [0.29, 0.717) is 6.61 Å². The second-order valence-corrected chi connectivity index (χ2v) is 1.08. The average Bonchev–Trinajstić information content (AvgIpc) is 1.75. The van der Waals surface area contributed by atoms with Gasteiger partial charge in [-0.15, -0.1) is 0 Å². The molecule has 0 amide bonds. The summed E-state index contributed by atoms with van der Waals surface area (Å²) in [4.78, 5) is 0. The first kappa shape index (κ1) is 10.1. The van der Waals surface area contributed by atoms with Gasteiger partial charge in [0.05, 0.1) is 0 Å². The van der Waals surface area contributed by atoms with E-state index >= 15 is 0 Å². The van der Waals surface area contributed by atoms with Gasteiger partial charge in [0, 0.05) is 6.61 Å². The largest absolute Gasteiger partial charge is 0.396 e. The molecule has 0 radical (unpaired) electrons. The maximum absolute atomic E-state index is 8.17. The van der Waals surface area contributed by atoms with Crippen LogP contribution in [0.2, 0.25) is 0 Å². The minimum absolute atomic E-state index is 0.344. The zero-order chi connectivity index (χ0) is 6.12. The van der Waals surface area contributed by atoms with Gasteiger partial charge >= 0.3 is 9.12 Å². The molecule has 44 valence electrons. The van der Waals surface area contributed by atoms with Gasteiger partial charge in [0.15, 0.2) is 0 Å². The predicted molar refractivity (Wildman–Crippen MR) is 32.4 cm³/mol. The highest BCUT2D eigenvalue weighted by molar-refractivity contribution is 7.00. The van der Waals surface area contributed by atoms with E-state index in [2.05, 4.69) is 6.92 Å². The minimum atomic E-state index is 0.344. The summed E-state index contributed by atoms with van der Waals surface area (Å²) < 4.78 is 8.17. The van der Waals surface area contributed by atoms with E-state index in [1.54, 1.807) is 0 Å². The van der Waals surface area contributed by atoms with Crippen molar-refractivity contribution in [2.45, 2.75) is 19.8 Å². The van der Waals surface area contributed by atoms with E-state index in [9.17, 15) is 0 Å². The van der Waals surface area contributed by atoms with E-state index in [-0.39, 0.29) is 0 Å². The van der Waals surface area contributed by atoms with Crippen molar-refractivity contribution in [3.63, 3.8) is 0 Å². The lowest BCUT2D eigenvalue weighted by Crippen LogP contribution is -1.75. The van der Waals surface area contributed by atoms with Crippen molar-refractivity contribution in [1.82, 2.24) is 0 Å². The smallest absolute Gasteiger partial charge is 0.310 e. The normalized spacial score (nSPS) is 6.57. The molecule has 2 nitrogen and oxygen atoms in total. The van der Waals surface area contributed by atoms with Gasteiger partial charge in [0.25, 0.3) is 0 Å². The number of unbranched alkanes of at least 4 members (excludes halogenated alkanes) is 1. The molecule has 0 fully saturated rings. The summed E-state index contributed by atoms with van der Waals surface area (Å²) in [5.41, 5.74) is 0. The molecule has 0 saturated carbocycles. The van der Waals surface area contributed by atoms with E-state index in [4.69, 9.17) is 9.67 Å². The van der Waals surface area contributed by atoms with Crippen LogP contribution in [0.25, 0.3) is 0 Å². The second kappa shape index (κ2) is 16.6. The molecule has 0 bridgehead atoms. The third-order valence-corrected chi connectivity index (χ3v) is 0.512. The monoisotopic (exact) mass is 123 g/mol. The third kappa shape index (κ3) is 23.5. The summed E-state index contributed by atoms with van der Waals surface area (Å²) in [5, 5.41) is 8.07. The van der Waals surface area contributed by atoms with Crippen LogP contribution in [0.15, 0.2) is 0 Å². The first-order valence-corrected chi connectivity index (χ1v) is 2.73. The van der Waals surface area contributed by atoms with Crippen molar-refractivity contribution in [3.8, 4) is 0 Å². The summed E-state index contributed by atoms with van der Waals surface area (Å²) >= 11 is 0. The molecule has 1 atom stereocenters. The van der Waals surface area contributed by atoms with Crippen LogP contribution >= 0.6 is 9.12 Å². The van der Waals surface area contributed by atoms with Crippen molar-refractivity contribution in [2.24, 2.45) is 0 Å². The fraction of sp³-hybridized carbons (Fsp3) is 1.00. The number of aliphatic hydroxyl groups excluding tert-OH is 1. The molecule has 0 rings (SSSR count). The Morgan fingerprint density at radius 1 is 1.57 bits per heavy atom. The molecule has 1 unspecified atom stereocenters. The minimum Gasteiger partial charge on any atom is -0.396 e. The fourth-order valence-corrected chi connectivity index (χ4v) is 0.158. The third-order valence-electron chi connectivity index (χ3n) is 0.512. The molecule has 0 spiro atoms. The van der Waals surface area contributed by atoms with Gasteiger partial charge in [-0.1, -0.05) is 17.9 Å². The molecule has 1 N–H and O–H groups in total. The molecule has 0 aliphatic heterocycles. The predicted octanol–water partition coefficient (Wildman–Crippen LogP) is 0.986. The average molecular weight is 123 g/mol. The van der Waals surface area contributed by atoms with Gasteiger partial charge < -0.3 is 5.11 Å². The maximum Gasteiger partial charge on any atom is 0.310 e. The van der Waals surface area contributed by atoms with Crippen LogP contribution in [0, 0.1) is 0 Å². The van der Waals surface area contributed by atoms with E-state index in [1.165, 1.54) is 9.12 Å². The van der Waals surface area contributed by atoms with Gasteiger partial charge in [-0.05, 0) is 6.42 Å². The molecular weight excluding hydrogens is 111 g/mol. The molecule has 0 aromatic rings. The maximum atomic E-state index is 8.17. The molecule has 0 aliphatic carbocycles. The number of rotatable bonds is 2. The summed E-state index contributed by atoms with van der Waals surface area (Å²) in [5.74, 6) is 0. The molecule has 0 aromatic heterocycles. The van der Waals surface area contributed by atoms with Crippen LogP contribution in [-0.2, 0) is 4.57 Å². The highest BCUT2D eigenvalue weighted by atomic mass is 31.0. The lowest BCUT2D eigenvalue weighted by atomic mass is 10.4. The van der Waals surface area contributed by atoms with Crippen molar-refractivity contribution in [3.05, 3.63) is 0 Å². The molecule has 0 heterocycles. The van der Waals surface area contributed by atoms with Gasteiger partial charge in [-0.3, -0.25) is 0 Å². The van der Waals surface area contributed by atoms with Crippen LogP contribution < -0.4 is 0 Å². The van der Waals surface area contributed by atoms with E-state index in [0.717, 1.165) is 12.8 Å². The summed E-state index contributed by atoms with van der Waals surface area (Å²) in [7, 11) is 1.17. The molecule has 3 heteroatoms. The zero-order valence-corrected chi connectivity index (χ0v) is 5.71. The topological polar surface area (TPSA) is 37.3 Å². The SMILES string of the molecule is CCCCO.O=[PH2+]. The number of aliphatic hydroxyl groups is 1. The Morgan fingerprint density at radius 2 is 2.00 bits per heavy atom. The van der Waals surface area contributed by atoms with Crippen molar-refractivity contribution >= 4 is 9.12 Å². The number of hydrogen-bond donors (Lipinski definition) is 1. The Bertz CT molecular complexity index is 23.7. The Kier molecular flexibility index (Phi) is 24.0. The van der Waals surface area contributed by atoms with Gasteiger partial charge in [0.2, 0.25) is 0 Å². The standard InChI is InChI=1S/C4H10O.H2OP/c1-2-3-4-5;1-2/h5H,2-4H2,1H3;2H2/q;+1. The zero-order valence-electron chi connectivity index (χ0n) is 4.55. The van der Waals surface area contributed by atoms with Crippen LogP contribution in [0.5, 0.6) is 0 Å². The van der Waals surface area contributed by atoms with Crippen molar-refractivity contribution in [1.29, 1.82) is 0 Å². The van der Waals surface area contributed by atoms with Gasteiger partial charge in [-0.25, -0.2) is 0 Å². The molecule has 0 saturated heterocycles. The fourth-order valence-electron chi connectivity index (χ4n) is 0.158. The first-order valence-electron chi connectivity index (χ1n) is 2.26. The molecule has 0 aliphatic rings. The Labute approximate surface area is 46.2 Å². The van der Waals surface area contributed by atoms with Gasteiger partial charge in [0.1, 0.15) is 0 Å². The van der Waals surface area contributed by atoms with E-state index < -0.39 is 0 Å². The van der Waals surface area contributed by atoms with Crippen LogP contribution in [-0.4, -0.2) is 11.7 Å². The highest BCUT2D eigenvalue weighted by Gasteiger charge is 1.69. The Hall–Kier alpha value is 0.0600. The second-order valence-electron chi connectivity index (χ2n) is 1.08. The van der Waals surface area contributed by atoms with E-state index in [1.807, 2.05) is 0 Å². The summed E-state index contributed by atoms with van der Waals surface area (Å²) in [6.07, 6.45) is 2.04. The van der Waals surface area contributed by atoms with Crippen LogP contribution in [0.4, 0.5) is 0 Å². The molecule has 0 aromatic carbocycles. The Balaban J connectivity index is 0. The van der Waals surface area contributed by atoms with Gasteiger partial charge in [-0.2, -0.15) is 0 Å². The molecular formula is C4H12O2P+. The van der Waals surface area contributed by atoms with Crippen LogP contribution in [0.3, 0.4) is 0 Å². The number of hydrogen-bond acceptors (Lipinski definition) is 2.